The largest absolute Gasteiger partial charge is 0.345 e. The number of nitrogens with zero attached hydrogens (tertiary/aromatic N) is 2. The molecule has 2 heterocycles. The molecule has 1 aliphatic heterocycles. The Kier molecular flexibility index (Phi) is 6.51. The molecule has 2 amide bonds. The summed E-state index contributed by atoms with van der Waals surface area (Å²) >= 11 is 25.1. The molecule has 0 radical (unpaired) electrons. The van der Waals surface area contributed by atoms with Crippen molar-refractivity contribution in [2.24, 2.45) is 0 Å². The van der Waals surface area contributed by atoms with Crippen LogP contribution in [-0.4, -0.2) is 16.4 Å². The third-order valence-corrected chi connectivity index (χ3v) is 7.00. The number of hydrogen-bond acceptors (Lipinski definition) is 2. The number of halogens is 4. The van der Waals surface area contributed by atoms with Crippen LogP contribution in [0.1, 0.15) is 32.0 Å². The molecule has 0 atom stereocenters. The van der Waals surface area contributed by atoms with Crippen molar-refractivity contribution < 1.29 is 9.59 Å². The van der Waals surface area contributed by atoms with E-state index in [4.69, 9.17) is 46.4 Å². The zero-order chi connectivity index (χ0) is 24.7. The van der Waals surface area contributed by atoms with Crippen molar-refractivity contribution in [3.05, 3.63) is 115 Å². The van der Waals surface area contributed by atoms with Gasteiger partial charge in [0.25, 0.3) is 11.8 Å². The predicted molar refractivity (Wildman–Crippen MR) is 141 cm³/mol. The highest BCUT2D eigenvalue weighted by molar-refractivity contribution is 6.39. The lowest BCUT2D eigenvalue weighted by atomic mass is 10.1. The molecule has 4 aromatic rings. The van der Waals surface area contributed by atoms with Crippen molar-refractivity contribution in [1.29, 1.82) is 0 Å². The molecule has 3 aromatic carbocycles. The van der Waals surface area contributed by atoms with Gasteiger partial charge in [-0.3, -0.25) is 9.59 Å². The van der Waals surface area contributed by atoms with Gasteiger partial charge in [-0.2, -0.15) is 0 Å². The number of benzene rings is 3. The molecule has 0 spiro atoms. The lowest BCUT2D eigenvalue weighted by Crippen LogP contribution is -2.31. The first-order valence-electron chi connectivity index (χ1n) is 10.6. The molecule has 1 N–H and O–H groups in total. The van der Waals surface area contributed by atoms with E-state index >= 15 is 0 Å². The highest BCUT2D eigenvalue weighted by atomic mass is 35.5. The third-order valence-electron chi connectivity index (χ3n) is 5.82. The summed E-state index contributed by atoms with van der Waals surface area (Å²) in [5.74, 6) is -0.775. The van der Waals surface area contributed by atoms with Crippen LogP contribution in [0.5, 0.6) is 0 Å². The maximum atomic E-state index is 13.7. The van der Waals surface area contributed by atoms with Gasteiger partial charge >= 0.3 is 0 Å². The predicted octanol–water partition coefficient (Wildman–Crippen LogP) is 7.56. The van der Waals surface area contributed by atoms with E-state index in [9.17, 15) is 9.59 Å². The van der Waals surface area contributed by atoms with Crippen LogP contribution in [-0.2, 0) is 13.1 Å². The molecule has 1 aromatic heterocycles. The first-order valence-corrected chi connectivity index (χ1v) is 12.1. The van der Waals surface area contributed by atoms with E-state index in [0.29, 0.717) is 18.1 Å². The molecule has 0 bridgehead atoms. The number of aromatic nitrogens is 1. The summed E-state index contributed by atoms with van der Waals surface area (Å²) in [4.78, 5) is 28.1. The number of carbonyl (C=O) groups is 2. The molecule has 0 unspecified atom stereocenters. The van der Waals surface area contributed by atoms with Crippen LogP contribution in [0.15, 0.2) is 72.9 Å². The summed E-state index contributed by atoms with van der Waals surface area (Å²) in [6.45, 7) is 1.04. The van der Waals surface area contributed by atoms with Gasteiger partial charge in [0, 0.05) is 29.1 Å². The maximum absolute atomic E-state index is 13.7. The standard InChI is InChI=1S/C26H17Cl4N3O2/c27-16-7-8-18(20(28)10-16)25(34)31-23-12-21(29)19(11-22(23)30)26(35)33-14-17-5-3-9-32(17)13-15-4-1-2-6-24(15)33/h1-12H,13-14H2,(H,31,34). The molecular weight excluding hydrogens is 528 g/mol. The number of hydrogen-bond donors (Lipinski definition) is 1. The zero-order valence-electron chi connectivity index (χ0n) is 18.1. The Hall–Kier alpha value is -2.96. The Bertz CT molecular complexity index is 1480. The van der Waals surface area contributed by atoms with Gasteiger partial charge in [0.1, 0.15) is 0 Å². The lowest BCUT2D eigenvalue weighted by Gasteiger charge is -2.23. The van der Waals surface area contributed by atoms with Gasteiger partial charge in [-0.1, -0.05) is 64.6 Å². The van der Waals surface area contributed by atoms with Crippen LogP contribution in [0.3, 0.4) is 0 Å². The summed E-state index contributed by atoms with van der Waals surface area (Å²) in [6, 6.07) is 19.2. The molecule has 176 valence electrons. The van der Waals surface area contributed by atoms with E-state index < -0.39 is 5.91 Å². The Morgan fingerprint density at radius 3 is 2.34 bits per heavy atom. The van der Waals surface area contributed by atoms with Gasteiger partial charge in [-0.05, 0) is 54.1 Å². The second kappa shape index (κ2) is 9.59. The summed E-state index contributed by atoms with van der Waals surface area (Å²) in [6.07, 6.45) is 1.99. The number of fused-ring (bicyclic) bond motifs is 2. The van der Waals surface area contributed by atoms with Crippen molar-refractivity contribution in [2.75, 3.05) is 10.2 Å². The SMILES string of the molecule is O=C(Nc1cc(Cl)c(C(=O)N2Cc3cccn3Cc3ccccc32)cc1Cl)c1ccc(Cl)cc1Cl. The van der Waals surface area contributed by atoms with Crippen LogP contribution in [0.25, 0.3) is 0 Å². The van der Waals surface area contributed by atoms with Crippen molar-refractivity contribution in [3.63, 3.8) is 0 Å². The second-order valence-electron chi connectivity index (χ2n) is 8.04. The first-order chi connectivity index (χ1) is 16.8. The Labute approximate surface area is 221 Å². The van der Waals surface area contributed by atoms with Gasteiger partial charge in [-0.15, -0.1) is 0 Å². The summed E-state index contributed by atoms with van der Waals surface area (Å²) < 4.78 is 2.11. The van der Waals surface area contributed by atoms with Crippen LogP contribution in [0.2, 0.25) is 20.1 Å². The Morgan fingerprint density at radius 1 is 0.771 bits per heavy atom. The van der Waals surface area contributed by atoms with Gasteiger partial charge in [-0.25, -0.2) is 0 Å². The summed E-state index contributed by atoms with van der Waals surface area (Å²) in [5, 5.41) is 3.64. The molecular formula is C26H17Cl4N3O2. The molecule has 0 saturated heterocycles. The fraction of sp³-hybridized carbons (Fsp3) is 0.0769. The minimum atomic E-state index is -0.481. The van der Waals surface area contributed by atoms with E-state index in [0.717, 1.165) is 16.9 Å². The maximum Gasteiger partial charge on any atom is 0.260 e. The van der Waals surface area contributed by atoms with Crippen molar-refractivity contribution >= 4 is 69.6 Å². The molecule has 5 rings (SSSR count). The topological polar surface area (TPSA) is 54.3 Å². The minimum absolute atomic E-state index is 0.161. The van der Waals surface area contributed by atoms with Crippen LogP contribution in [0, 0.1) is 0 Å². The Balaban J connectivity index is 1.46. The second-order valence-corrected chi connectivity index (χ2v) is 9.70. The highest BCUT2D eigenvalue weighted by Gasteiger charge is 2.27. The molecule has 35 heavy (non-hydrogen) atoms. The molecule has 5 nitrogen and oxygen atoms in total. The van der Waals surface area contributed by atoms with E-state index in [1.807, 2.05) is 42.6 Å². The van der Waals surface area contributed by atoms with E-state index in [1.165, 1.54) is 24.3 Å². The smallest absolute Gasteiger partial charge is 0.260 e. The number of carbonyl (C=O) groups excluding carboxylic acids is 2. The number of anilines is 2. The van der Waals surface area contributed by atoms with Crippen molar-refractivity contribution in [2.45, 2.75) is 13.1 Å². The molecule has 1 aliphatic rings. The first kappa shape index (κ1) is 23.8. The molecule has 0 fully saturated rings. The van der Waals surface area contributed by atoms with E-state index in [2.05, 4.69) is 9.88 Å². The summed E-state index contributed by atoms with van der Waals surface area (Å²) in [5.41, 5.74) is 3.54. The number of nitrogens with one attached hydrogen (secondary N) is 1. The molecule has 9 heteroatoms. The third kappa shape index (κ3) is 4.65. The molecule has 0 saturated carbocycles. The summed E-state index contributed by atoms with van der Waals surface area (Å²) in [7, 11) is 0. The van der Waals surface area contributed by atoms with E-state index in [-0.39, 0.29) is 37.8 Å². The Morgan fingerprint density at radius 2 is 1.54 bits per heavy atom. The average Bonchev–Trinajstić information content (AvgIpc) is 3.19. The lowest BCUT2D eigenvalue weighted by molar-refractivity contribution is 0.0984. The van der Waals surface area contributed by atoms with Crippen molar-refractivity contribution in [1.82, 2.24) is 4.57 Å². The number of rotatable bonds is 3. The monoisotopic (exact) mass is 543 g/mol. The fourth-order valence-electron chi connectivity index (χ4n) is 4.08. The highest BCUT2D eigenvalue weighted by Crippen LogP contribution is 2.34. The minimum Gasteiger partial charge on any atom is -0.345 e. The number of amides is 2. The van der Waals surface area contributed by atoms with Crippen LogP contribution < -0.4 is 10.2 Å². The van der Waals surface area contributed by atoms with Gasteiger partial charge in [0.05, 0.1) is 38.4 Å². The normalized spacial score (nSPS) is 12.5. The van der Waals surface area contributed by atoms with Crippen LogP contribution >= 0.6 is 46.4 Å². The van der Waals surface area contributed by atoms with Gasteiger partial charge < -0.3 is 14.8 Å². The number of para-hydroxylation sites is 1. The fourth-order valence-corrected chi connectivity index (χ4v) is 5.03. The average molecular weight is 545 g/mol. The van der Waals surface area contributed by atoms with Gasteiger partial charge in [0.15, 0.2) is 0 Å². The van der Waals surface area contributed by atoms with Crippen molar-refractivity contribution in [3.8, 4) is 0 Å². The van der Waals surface area contributed by atoms with Gasteiger partial charge in [0.2, 0.25) is 0 Å². The zero-order valence-corrected chi connectivity index (χ0v) is 21.1. The quantitative estimate of drug-likeness (QED) is 0.289. The van der Waals surface area contributed by atoms with Crippen LogP contribution in [0.4, 0.5) is 11.4 Å². The van der Waals surface area contributed by atoms with E-state index in [1.54, 1.807) is 11.0 Å². The molecule has 0 aliphatic carbocycles.